The van der Waals surface area contributed by atoms with Crippen LogP contribution in [0.25, 0.3) is 0 Å². The largest absolute Gasteiger partial charge is 0.497 e. The van der Waals surface area contributed by atoms with Gasteiger partial charge < -0.3 is 4.74 Å². The number of hydrogen-bond donors (Lipinski definition) is 0. The molecular formula is C22H27Cl2N3O. The molecule has 2 saturated heterocycles. The van der Waals surface area contributed by atoms with Crippen LogP contribution >= 0.6 is 24.8 Å². The van der Waals surface area contributed by atoms with E-state index >= 15 is 0 Å². The number of nitrogens with zero attached hydrogens (tertiary/aromatic N) is 3. The molecule has 2 heterocycles. The predicted octanol–water partition coefficient (Wildman–Crippen LogP) is 4.15. The van der Waals surface area contributed by atoms with Crippen molar-refractivity contribution >= 4 is 24.8 Å². The lowest BCUT2D eigenvalue weighted by Gasteiger charge is -2.27. The summed E-state index contributed by atoms with van der Waals surface area (Å²) >= 11 is 0. The van der Waals surface area contributed by atoms with E-state index in [0.29, 0.717) is 12.0 Å². The second-order valence-corrected chi connectivity index (χ2v) is 7.58. The molecule has 4 rings (SSSR count). The van der Waals surface area contributed by atoms with Gasteiger partial charge in [-0.1, -0.05) is 24.3 Å². The predicted molar refractivity (Wildman–Crippen MR) is 116 cm³/mol. The highest BCUT2D eigenvalue weighted by molar-refractivity contribution is 5.85. The number of rotatable bonds is 4. The van der Waals surface area contributed by atoms with Gasteiger partial charge in [0.05, 0.1) is 18.7 Å². The molecule has 2 aliphatic rings. The molecule has 2 fully saturated rings. The van der Waals surface area contributed by atoms with Gasteiger partial charge in [0.25, 0.3) is 0 Å². The molecule has 2 aliphatic heterocycles. The second-order valence-electron chi connectivity index (χ2n) is 7.58. The maximum atomic E-state index is 8.94. The minimum Gasteiger partial charge on any atom is -0.497 e. The van der Waals surface area contributed by atoms with Gasteiger partial charge in [0.2, 0.25) is 0 Å². The number of nitriles is 1. The summed E-state index contributed by atoms with van der Waals surface area (Å²) in [5.41, 5.74) is 3.41. The van der Waals surface area contributed by atoms with Gasteiger partial charge in [0.1, 0.15) is 5.75 Å². The van der Waals surface area contributed by atoms with Crippen LogP contribution in [0.5, 0.6) is 5.75 Å². The van der Waals surface area contributed by atoms with Crippen molar-refractivity contribution < 1.29 is 4.74 Å². The first-order valence-corrected chi connectivity index (χ1v) is 9.23. The Morgan fingerprint density at radius 1 is 1.00 bits per heavy atom. The molecule has 0 aliphatic carbocycles. The van der Waals surface area contributed by atoms with Gasteiger partial charge in [-0.15, -0.1) is 24.8 Å². The van der Waals surface area contributed by atoms with Gasteiger partial charge in [-0.25, -0.2) is 0 Å². The average Bonchev–Trinajstić information content (AvgIpc) is 3.18. The van der Waals surface area contributed by atoms with Crippen LogP contribution in [0.15, 0.2) is 48.5 Å². The molecule has 0 bridgehead atoms. The first-order chi connectivity index (χ1) is 12.7. The van der Waals surface area contributed by atoms with Gasteiger partial charge in [-0.05, 0) is 54.3 Å². The summed E-state index contributed by atoms with van der Waals surface area (Å²) < 4.78 is 5.30. The summed E-state index contributed by atoms with van der Waals surface area (Å²) in [7, 11) is 3.96. The maximum absolute atomic E-state index is 8.94. The molecule has 0 unspecified atom stereocenters. The second kappa shape index (κ2) is 9.62. The number of halogens is 2. The minimum absolute atomic E-state index is 0. The lowest BCUT2D eigenvalue weighted by Crippen LogP contribution is -2.28. The molecule has 0 amide bonds. The zero-order chi connectivity index (χ0) is 18.1. The molecule has 28 heavy (non-hydrogen) atoms. The normalized spacial score (nSPS) is 24.0. The highest BCUT2D eigenvalue weighted by atomic mass is 35.5. The SMILES string of the molecule is COc1ccc([C@@H]2[C@@H]3CN(Cc4ccc(C#N)cc4)C[C@@H]3CN2C)cc1.Cl.Cl. The molecular weight excluding hydrogens is 393 g/mol. The monoisotopic (exact) mass is 419 g/mol. The fraction of sp³-hybridized carbons (Fsp3) is 0.409. The number of ether oxygens (including phenoxy) is 1. The first-order valence-electron chi connectivity index (χ1n) is 9.23. The number of hydrogen-bond acceptors (Lipinski definition) is 4. The Kier molecular flexibility index (Phi) is 7.74. The first kappa shape index (κ1) is 22.5. The minimum atomic E-state index is 0. The molecule has 0 N–H and O–H groups in total. The molecule has 0 saturated carbocycles. The average molecular weight is 420 g/mol. The standard InChI is InChI=1S/C22H25N3O.2ClH/c1-24-13-19-14-25(12-17-5-3-16(11-23)4-6-17)15-21(19)22(24)18-7-9-20(26-2)10-8-18;;/h3-10,19,21-22H,12-15H2,1-2H3;2*1H/t19-,21+,22+;;/m0../s1. The molecule has 2 aromatic rings. The lowest BCUT2D eigenvalue weighted by molar-refractivity contribution is 0.224. The van der Waals surface area contributed by atoms with Gasteiger partial charge in [-0.3, -0.25) is 9.80 Å². The van der Waals surface area contributed by atoms with Crippen LogP contribution in [-0.4, -0.2) is 43.6 Å². The fourth-order valence-corrected chi connectivity index (χ4v) is 4.72. The summed E-state index contributed by atoms with van der Waals surface area (Å²) in [6.45, 7) is 4.41. The van der Waals surface area contributed by atoms with E-state index in [4.69, 9.17) is 10.00 Å². The van der Waals surface area contributed by atoms with Crippen molar-refractivity contribution in [2.75, 3.05) is 33.8 Å². The smallest absolute Gasteiger partial charge is 0.118 e. The summed E-state index contributed by atoms with van der Waals surface area (Å²) in [4.78, 5) is 5.08. The van der Waals surface area contributed by atoms with Crippen molar-refractivity contribution in [1.29, 1.82) is 5.26 Å². The van der Waals surface area contributed by atoms with Crippen molar-refractivity contribution in [2.24, 2.45) is 11.8 Å². The van der Waals surface area contributed by atoms with Crippen LogP contribution in [0.4, 0.5) is 0 Å². The molecule has 4 nitrogen and oxygen atoms in total. The number of benzene rings is 2. The van der Waals surface area contributed by atoms with Crippen LogP contribution < -0.4 is 4.74 Å². The topological polar surface area (TPSA) is 39.5 Å². The van der Waals surface area contributed by atoms with Crippen molar-refractivity contribution in [3.8, 4) is 11.8 Å². The highest BCUT2D eigenvalue weighted by Crippen LogP contribution is 2.44. The van der Waals surface area contributed by atoms with E-state index in [9.17, 15) is 0 Å². The molecule has 3 atom stereocenters. The third-order valence-electron chi connectivity index (χ3n) is 5.92. The van der Waals surface area contributed by atoms with E-state index in [0.717, 1.165) is 43.4 Å². The number of likely N-dealkylation sites (tertiary alicyclic amines) is 2. The third kappa shape index (κ3) is 4.45. The van der Waals surface area contributed by atoms with Gasteiger partial charge in [-0.2, -0.15) is 5.26 Å². The fourth-order valence-electron chi connectivity index (χ4n) is 4.72. The van der Waals surface area contributed by atoms with Crippen molar-refractivity contribution in [1.82, 2.24) is 9.80 Å². The molecule has 0 spiro atoms. The molecule has 0 aromatic heterocycles. The van der Waals surface area contributed by atoms with Crippen LogP contribution in [-0.2, 0) is 6.54 Å². The Balaban J connectivity index is 0.00000140. The molecule has 2 aromatic carbocycles. The molecule has 0 radical (unpaired) electrons. The highest BCUT2D eigenvalue weighted by Gasteiger charge is 2.45. The van der Waals surface area contributed by atoms with Crippen molar-refractivity contribution in [2.45, 2.75) is 12.6 Å². The zero-order valence-corrected chi connectivity index (χ0v) is 17.9. The molecule has 6 heteroatoms. The van der Waals surface area contributed by atoms with Crippen LogP contribution in [0.2, 0.25) is 0 Å². The van der Waals surface area contributed by atoms with Crippen molar-refractivity contribution in [3.05, 3.63) is 65.2 Å². The zero-order valence-electron chi connectivity index (χ0n) is 16.2. The summed E-state index contributed by atoms with van der Waals surface area (Å²) in [6, 6.07) is 19.2. The van der Waals surface area contributed by atoms with E-state index in [1.165, 1.54) is 11.1 Å². The Morgan fingerprint density at radius 2 is 1.68 bits per heavy atom. The Morgan fingerprint density at radius 3 is 2.29 bits per heavy atom. The quantitative estimate of drug-likeness (QED) is 0.745. The van der Waals surface area contributed by atoms with Gasteiger partial charge in [0, 0.05) is 32.2 Å². The number of methoxy groups -OCH3 is 1. The summed E-state index contributed by atoms with van der Waals surface area (Å²) in [5, 5.41) is 8.94. The Hall–Kier alpha value is -1.77. The summed E-state index contributed by atoms with van der Waals surface area (Å²) in [6.07, 6.45) is 0. The van der Waals surface area contributed by atoms with E-state index in [1.807, 2.05) is 12.1 Å². The van der Waals surface area contributed by atoms with E-state index in [2.05, 4.69) is 59.3 Å². The maximum Gasteiger partial charge on any atom is 0.118 e. The van der Waals surface area contributed by atoms with Crippen LogP contribution in [0, 0.1) is 23.2 Å². The van der Waals surface area contributed by atoms with Gasteiger partial charge >= 0.3 is 0 Å². The van der Waals surface area contributed by atoms with E-state index in [1.54, 1.807) is 7.11 Å². The Bertz CT molecular complexity index is 804. The lowest BCUT2D eigenvalue weighted by atomic mass is 9.89. The Labute approximate surface area is 179 Å². The van der Waals surface area contributed by atoms with Crippen LogP contribution in [0.3, 0.4) is 0 Å². The number of fused-ring (bicyclic) bond motifs is 1. The van der Waals surface area contributed by atoms with Gasteiger partial charge in [0.15, 0.2) is 0 Å². The van der Waals surface area contributed by atoms with Crippen molar-refractivity contribution in [3.63, 3.8) is 0 Å². The van der Waals surface area contributed by atoms with E-state index < -0.39 is 0 Å². The third-order valence-corrected chi connectivity index (χ3v) is 5.92. The van der Waals surface area contributed by atoms with Crippen LogP contribution in [0.1, 0.15) is 22.7 Å². The van der Waals surface area contributed by atoms with E-state index in [-0.39, 0.29) is 24.8 Å². The molecule has 150 valence electrons. The summed E-state index contributed by atoms with van der Waals surface area (Å²) in [5.74, 6) is 2.32.